The van der Waals surface area contributed by atoms with Gasteiger partial charge in [0.25, 0.3) is 5.88 Å². The van der Waals surface area contributed by atoms with Crippen molar-refractivity contribution >= 4 is 50.3 Å². The third kappa shape index (κ3) is 5.07. The number of aromatic nitrogens is 1. The van der Waals surface area contributed by atoms with Gasteiger partial charge >= 0.3 is 0 Å². The molecule has 9 nitrogen and oxygen atoms in total. The Morgan fingerprint density at radius 2 is 2.21 bits per heavy atom. The number of nitrogens with zero attached hydrogens (tertiary/aromatic N) is 6. The van der Waals surface area contributed by atoms with E-state index >= 15 is 0 Å². The van der Waals surface area contributed by atoms with E-state index in [4.69, 9.17) is 26.1 Å². The van der Waals surface area contributed by atoms with Gasteiger partial charge in [-0.3, -0.25) is 4.79 Å². The number of anilines is 2. The van der Waals surface area contributed by atoms with E-state index < -0.39 is 0 Å². The van der Waals surface area contributed by atoms with Crippen LogP contribution in [0.15, 0.2) is 36.9 Å². The first-order chi connectivity index (χ1) is 20.9. The molecule has 0 saturated carbocycles. The molecule has 2 saturated heterocycles. The van der Waals surface area contributed by atoms with Crippen molar-refractivity contribution in [3.63, 3.8) is 0 Å². The van der Waals surface area contributed by atoms with Gasteiger partial charge < -0.3 is 29.1 Å². The van der Waals surface area contributed by atoms with Gasteiger partial charge in [0.05, 0.1) is 57.2 Å². The third-order valence-corrected chi connectivity index (χ3v) is 10.7. The van der Waals surface area contributed by atoms with Crippen molar-refractivity contribution in [1.29, 1.82) is 5.26 Å². The van der Waals surface area contributed by atoms with Crippen LogP contribution in [-0.2, 0) is 17.8 Å². The highest BCUT2D eigenvalue weighted by atomic mass is 35.5. The van der Waals surface area contributed by atoms with E-state index in [2.05, 4.69) is 52.6 Å². The lowest BCUT2D eigenvalue weighted by molar-refractivity contribution is -0.129. The van der Waals surface area contributed by atoms with E-state index in [1.807, 2.05) is 6.07 Å². The SMILES string of the molecule is C=CC(=O)N1CC2COc3c(OC[C@@H]4CCCN4C)nc4c(c3N2C[C@@H]1CC#N)CCN(c1cccc2cc(Cl)sc12)C4. The summed E-state index contributed by atoms with van der Waals surface area (Å²) in [6.45, 7) is 8.22. The molecule has 2 fully saturated rings. The topological polar surface area (TPSA) is 85.2 Å². The van der Waals surface area contributed by atoms with Crippen LogP contribution in [0.2, 0.25) is 4.34 Å². The summed E-state index contributed by atoms with van der Waals surface area (Å²) < 4.78 is 14.9. The number of halogens is 1. The molecule has 0 aliphatic carbocycles. The van der Waals surface area contributed by atoms with Crippen molar-refractivity contribution in [3.05, 3.63) is 52.5 Å². The number of likely N-dealkylation sites (N-methyl/N-ethyl adjacent to an activating group) is 1. The van der Waals surface area contributed by atoms with Crippen LogP contribution in [0.4, 0.5) is 11.4 Å². The fourth-order valence-electron chi connectivity index (χ4n) is 7.10. The summed E-state index contributed by atoms with van der Waals surface area (Å²) in [4.78, 5) is 26.8. The first-order valence-electron chi connectivity index (χ1n) is 15.0. The van der Waals surface area contributed by atoms with Crippen LogP contribution < -0.4 is 19.3 Å². The van der Waals surface area contributed by atoms with Crippen LogP contribution >= 0.6 is 22.9 Å². The van der Waals surface area contributed by atoms with Gasteiger partial charge in [0.15, 0.2) is 0 Å². The minimum atomic E-state index is -0.237. The van der Waals surface area contributed by atoms with Crippen molar-refractivity contribution < 1.29 is 14.3 Å². The minimum absolute atomic E-state index is 0.0355. The second kappa shape index (κ2) is 11.5. The lowest BCUT2D eigenvalue weighted by atomic mass is 9.95. The van der Waals surface area contributed by atoms with Crippen molar-refractivity contribution in [2.45, 2.75) is 50.4 Å². The number of fused-ring (bicyclic) bond motifs is 6. The molecule has 1 amide bonds. The highest BCUT2D eigenvalue weighted by Gasteiger charge is 2.43. The Bertz CT molecular complexity index is 1620. The van der Waals surface area contributed by atoms with Crippen molar-refractivity contribution in [2.24, 2.45) is 0 Å². The number of hydrogen-bond acceptors (Lipinski definition) is 9. The number of rotatable bonds is 6. The number of benzene rings is 1. The Kier molecular flexibility index (Phi) is 7.58. The molecule has 43 heavy (non-hydrogen) atoms. The number of nitriles is 1. The van der Waals surface area contributed by atoms with E-state index in [1.165, 1.54) is 17.2 Å². The van der Waals surface area contributed by atoms with Crippen LogP contribution in [0.3, 0.4) is 0 Å². The predicted octanol–water partition coefficient (Wildman–Crippen LogP) is 4.86. The number of piperazine rings is 1. The summed E-state index contributed by atoms with van der Waals surface area (Å²) in [7, 11) is 2.15. The van der Waals surface area contributed by atoms with Crippen molar-refractivity contribution in [1.82, 2.24) is 14.8 Å². The maximum atomic E-state index is 12.8. The lowest BCUT2D eigenvalue weighted by Gasteiger charge is -2.50. The predicted molar refractivity (Wildman–Crippen MR) is 170 cm³/mol. The maximum Gasteiger partial charge on any atom is 0.259 e. The summed E-state index contributed by atoms with van der Waals surface area (Å²) in [5.74, 6) is 1.08. The van der Waals surface area contributed by atoms with Gasteiger partial charge in [-0.1, -0.05) is 30.3 Å². The fraction of sp³-hybridized carbons (Fsp3) is 0.469. The van der Waals surface area contributed by atoms with Crippen molar-refractivity contribution in [2.75, 3.05) is 56.2 Å². The molecule has 1 unspecified atom stereocenters. The number of amides is 1. The smallest absolute Gasteiger partial charge is 0.259 e. The zero-order valence-electron chi connectivity index (χ0n) is 24.3. The summed E-state index contributed by atoms with van der Waals surface area (Å²) in [6, 6.07) is 10.7. The molecule has 1 aromatic carbocycles. The Morgan fingerprint density at radius 1 is 1.33 bits per heavy atom. The minimum Gasteiger partial charge on any atom is -0.484 e. The van der Waals surface area contributed by atoms with Gasteiger partial charge in [-0.2, -0.15) is 5.26 Å². The zero-order chi connectivity index (χ0) is 29.7. The summed E-state index contributed by atoms with van der Waals surface area (Å²) in [5.41, 5.74) is 4.32. The van der Waals surface area contributed by atoms with E-state index in [0.29, 0.717) is 50.5 Å². The fourth-order valence-corrected chi connectivity index (χ4v) is 8.37. The monoisotopic (exact) mass is 618 g/mol. The Hall–Kier alpha value is -3.52. The molecule has 6 heterocycles. The second-order valence-corrected chi connectivity index (χ2v) is 13.5. The molecule has 7 rings (SSSR count). The van der Waals surface area contributed by atoms with Crippen LogP contribution in [0, 0.1) is 11.3 Å². The van der Waals surface area contributed by atoms with Gasteiger partial charge in [-0.25, -0.2) is 4.98 Å². The Balaban J connectivity index is 1.27. The van der Waals surface area contributed by atoms with Gasteiger partial charge in [0.1, 0.15) is 13.2 Å². The average molecular weight is 619 g/mol. The Morgan fingerprint density at radius 3 is 3.00 bits per heavy atom. The van der Waals surface area contributed by atoms with Gasteiger partial charge in [-0.15, -0.1) is 11.3 Å². The largest absolute Gasteiger partial charge is 0.484 e. The van der Waals surface area contributed by atoms with Gasteiger partial charge in [-0.05, 0) is 56.4 Å². The van der Waals surface area contributed by atoms with E-state index in [9.17, 15) is 10.1 Å². The molecule has 4 aliphatic heterocycles. The summed E-state index contributed by atoms with van der Waals surface area (Å²) in [6.07, 6.45) is 4.65. The molecule has 0 spiro atoms. The highest BCUT2D eigenvalue weighted by molar-refractivity contribution is 7.23. The number of thiophene rings is 1. The number of carbonyl (C=O) groups is 1. The molecular weight excluding hydrogens is 584 g/mol. The van der Waals surface area contributed by atoms with Gasteiger partial charge in [0, 0.05) is 31.2 Å². The van der Waals surface area contributed by atoms with E-state index in [-0.39, 0.29) is 24.4 Å². The first-order valence-corrected chi connectivity index (χ1v) is 16.2. The van der Waals surface area contributed by atoms with Gasteiger partial charge in [0.2, 0.25) is 11.7 Å². The summed E-state index contributed by atoms with van der Waals surface area (Å²) in [5, 5.41) is 10.8. The molecule has 0 radical (unpaired) electrons. The standard InChI is InChI=1S/C32H35ClN6O3S/c1-3-28(40)38-16-23-19-41-30-29(39(23)15-21(38)9-11-34)24-10-13-37(26-8-4-6-20-14-27(33)43-31(20)26)17-25(24)35-32(30)42-18-22-7-5-12-36(22)2/h3-4,6,8,14,21-23H,1,5,7,9-10,12-13,15-19H2,2H3/t21-,22-,23?/m0/s1. The molecule has 2 aromatic heterocycles. The molecule has 0 N–H and O–H groups in total. The number of pyridine rings is 1. The second-order valence-electron chi connectivity index (χ2n) is 11.9. The maximum absolute atomic E-state index is 12.8. The Labute approximate surface area is 260 Å². The number of carbonyl (C=O) groups excluding carboxylic acids is 1. The molecule has 3 atom stereocenters. The van der Waals surface area contributed by atoms with E-state index in [0.717, 1.165) is 58.3 Å². The molecule has 3 aromatic rings. The molecular formula is C32H35ClN6O3S. The summed E-state index contributed by atoms with van der Waals surface area (Å²) >= 11 is 8.02. The van der Waals surface area contributed by atoms with Crippen LogP contribution in [-0.4, -0.2) is 85.3 Å². The number of likely N-dealkylation sites (tertiary alicyclic amines) is 1. The molecule has 0 bridgehead atoms. The van der Waals surface area contributed by atoms with Crippen LogP contribution in [0.5, 0.6) is 11.6 Å². The number of hydrogen-bond donors (Lipinski definition) is 0. The van der Waals surface area contributed by atoms with Crippen LogP contribution in [0.1, 0.15) is 30.5 Å². The van der Waals surface area contributed by atoms with Crippen molar-refractivity contribution in [3.8, 4) is 17.7 Å². The highest BCUT2D eigenvalue weighted by Crippen LogP contribution is 2.48. The molecule has 4 aliphatic rings. The normalized spacial score (nSPS) is 23.3. The van der Waals surface area contributed by atoms with Crippen LogP contribution in [0.25, 0.3) is 10.1 Å². The zero-order valence-corrected chi connectivity index (χ0v) is 25.9. The van der Waals surface area contributed by atoms with E-state index in [1.54, 1.807) is 16.2 Å². The average Bonchev–Trinajstić information content (AvgIpc) is 3.62. The molecule has 11 heteroatoms. The third-order valence-electron chi connectivity index (χ3n) is 9.36. The number of ether oxygens (including phenoxy) is 2. The first kappa shape index (κ1) is 28.3. The molecule has 224 valence electrons. The quantitative estimate of drug-likeness (QED) is 0.362. The lowest BCUT2D eigenvalue weighted by Crippen LogP contribution is -2.62.